The van der Waals surface area contributed by atoms with Gasteiger partial charge in [-0.05, 0) is 48.6 Å². The fourth-order valence-electron chi connectivity index (χ4n) is 2.49. The van der Waals surface area contributed by atoms with E-state index >= 15 is 0 Å². The third kappa shape index (κ3) is 6.43. The van der Waals surface area contributed by atoms with E-state index in [4.69, 9.17) is 16.3 Å². The third-order valence-electron chi connectivity index (χ3n) is 4.38. The van der Waals surface area contributed by atoms with Gasteiger partial charge in [-0.25, -0.2) is 0 Å². The minimum atomic E-state index is -0.0517. The molecule has 140 valence electrons. The minimum Gasteiger partial charge on any atom is -0.377 e. The maximum Gasteiger partial charge on any atom is 0.250 e. The Morgan fingerprint density at radius 2 is 2.23 bits per heavy atom. The van der Waals surface area contributed by atoms with E-state index in [2.05, 4.69) is 18.8 Å². The Labute approximate surface area is 161 Å². The first-order valence-electron chi connectivity index (χ1n) is 9.05. The first-order valence-corrected chi connectivity index (χ1v) is 9.43. The van der Waals surface area contributed by atoms with Gasteiger partial charge in [-0.3, -0.25) is 9.78 Å². The van der Waals surface area contributed by atoms with E-state index in [0.29, 0.717) is 24.1 Å². The SMILES string of the molecule is CCC(C)CCOC/C(C)=C/N1CC=C(c2ccc(Cl)cn2)C=CC1=O. The van der Waals surface area contributed by atoms with Crippen LogP contribution < -0.4 is 0 Å². The highest BCUT2D eigenvalue weighted by Crippen LogP contribution is 2.18. The van der Waals surface area contributed by atoms with Crippen LogP contribution >= 0.6 is 11.6 Å². The summed E-state index contributed by atoms with van der Waals surface area (Å²) in [7, 11) is 0. The van der Waals surface area contributed by atoms with Gasteiger partial charge in [0.05, 0.1) is 17.3 Å². The molecule has 0 bridgehead atoms. The number of amides is 1. The van der Waals surface area contributed by atoms with E-state index in [-0.39, 0.29) is 5.91 Å². The van der Waals surface area contributed by atoms with E-state index in [1.54, 1.807) is 29.3 Å². The zero-order chi connectivity index (χ0) is 18.9. The molecule has 0 N–H and O–H groups in total. The molecule has 1 atom stereocenters. The molecule has 26 heavy (non-hydrogen) atoms. The molecule has 4 nitrogen and oxygen atoms in total. The van der Waals surface area contributed by atoms with Gasteiger partial charge in [0.25, 0.3) is 5.91 Å². The summed E-state index contributed by atoms with van der Waals surface area (Å²) in [4.78, 5) is 18.3. The lowest BCUT2D eigenvalue weighted by molar-refractivity contribution is -0.123. The number of ether oxygens (including phenoxy) is 1. The number of nitrogens with zero attached hydrogens (tertiary/aromatic N) is 2. The molecular weight excluding hydrogens is 348 g/mol. The summed E-state index contributed by atoms with van der Waals surface area (Å²) in [5, 5.41) is 0.594. The summed E-state index contributed by atoms with van der Waals surface area (Å²) in [5.74, 6) is 0.630. The monoisotopic (exact) mass is 374 g/mol. The third-order valence-corrected chi connectivity index (χ3v) is 4.60. The summed E-state index contributed by atoms with van der Waals surface area (Å²) in [5.41, 5.74) is 2.74. The molecule has 0 saturated heterocycles. The van der Waals surface area contributed by atoms with E-state index in [9.17, 15) is 4.79 Å². The molecule has 1 aromatic heterocycles. The fourth-order valence-corrected chi connectivity index (χ4v) is 2.60. The van der Waals surface area contributed by atoms with Crippen LogP contribution in [0.3, 0.4) is 0 Å². The Morgan fingerprint density at radius 1 is 1.42 bits per heavy atom. The molecule has 1 unspecified atom stereocenters. The van der Waals surface area contributed by atoms with Crippen molar-refractivity contribution < 1.29 is 9.53 Å². The maximum absolute atomic E-state index is 12.3. The fraction of sp³-hybridized carbons (Fsp3) is 0.429. The molecular formula is C21H27ClN2O2. The van der Waals surface area contributed by atoms with Crippen molar-refractivity contribution in [3.8, 4) is 0 Å². The number of carbonyl (C=O) groups is 1. The maximum atomic E-state index is 12.3. The zero-order valence-corrected chi connectivity index (χ0v) is 16.5. The van der Waals surface area contributed by atoms with Crippen molar-refractivity contribution in [3.05, 3.63) is 59.0 Å². The van der Waals surface area contributed by atoms with Crippen LogP contribution in [0.1, 0.15) is 39.3 Å². The lowest BCUT2D eigenvalue weighted by Crippen LogP contribution is -2.24. The largest absolute Gasteiger partial charge is 0.377 e. The van der Waals surface area contributed by atoms with Crippen LogP contribution in [0.25, 0.3) is 5.57 Å². The van der Waals surface area contributed by atoms with Gasteiger partial charge in [-0.1, -0.05) is 37.9 Å². The lowest BCUT2D eigenvalue weighted by Gasteiger charge is -2.15. The Morgan fingerprint density at radius 3 is 2.92 bits per heavy atom. The quantitative estimate of drug-likeness (QED) is 0.609. The Bertz CT molecular complexity index is 692. The van der Waals surface area contributed by atoms with Crippen LogP contribution in [0, 0.1) is 5.92 Å². The normalized spacial score (nSPS) is 16.5. The Hall–Kier alpha value is -1.91. The summed E-state index contributed by atoms with van der Waals surface area (Å²) in [6.07, 6.45) is 11.1. The first-order chi connectivity index (χ1) is 12.5. The average Bonchev–Trinajstić information content (AvgIpc) is 2.81. The molecule has 1 aromatic rings. The van der Waals surface area contributed by atoms with Gasteiger partial charge in [0.1, 0.15) is 0 Å². The van der Waals surface area contributed by atoms with Gasteiger partial charge in [0.15, 0.2) is 0 Å². The summed E-state index contributed by atoms with van der Waals surface area (Å²) >= 11 is 5.88. The standard InChI is InChI=1S/C21H27ClN2O2/c1-4-16(2)10-12-26-15-17(3)14-24-11-9-18(5-8-21(24)25)20-7-6-19(22)13-23-20/h5-9,13-14,16H,4,10-12,15H2,1-3H3/b17-14+. The van der Waals surface area contributed by atoms with Crippen LogP contribution in [0.2, 0.25) is 5.02 Å². The number of hydrogen-bond acceptors (Lipinski definition) is 3. The predicted molar refractivity (Wildman–Crippen MR) is 107 cm³/mol. The van der Waals surface area contributed by atoms with Crippen LogP contribution in [0.5, 0.6) is 0 Å². The van der Waals surface area contributed by atoms with E-state index in [0.717, 1.165) is 29.9 Å². The second kappa shape index (κ2) is 10.3. The smallest absolute Gasteiger partial charge is 0.250 e. The van der Waals surface area contributed by atoms with E-state index in [1.165, 1.54) is 6.42 Å². The molecule has 0 saturated carbocycles. The predicted octanol–water partition coefficient (Wildman–Crippen LogP) is 4.87. The van der Waals surface area contributed by atoms with Gasteiger partial charge < -0.3 is 9.64 Å². The molecule has 0 spiro atoms. The molecule has 0 aromatic carbocycles. The van der Waals surface area contributed by atoms with Gasteiger partial charge in [-0.15, -0.1) is 0 Å². The molecule has 2 heterocycles. The van der Waals surface area contributed by atoms with Crippen LogP contribution in [-0.2, 0) is 9.53 Å². The van der Waals surface area contributed by atoms with Crippen molar-refractivity contribution in [2.24, 2.45) is 5.92 Å². The summed E-state index contributed by atoms with van der Waals surface area (Å²) < 4.78 is 5.72. The number of hydrogen-bond donors (Lipinski definition) is 0. The van der Waals surface area contributed by atoms with E-state index < -0.39 is 0 Å². The molecule has 1 aliphatic rings. The molecule has 0 fully saturated rings. The van der Waals surface area contributed by atoms with Crippen molar-refractivity contribution in [1.29, 1.82) is 0 Å². The van der Waals surface area contributed by atoms with Crippen LogP contribution in [0.15, 0.2) is 48.3 Å². The molecule has 5 heteroatoms. The highest BCUT2D eigenvalue weighted by atomic mass is 35.5. The second-order valence-corrected chi connectivity index (χ2v) is 7.11. The van der Waals surface area contributed by atoms with Gasteiger partial charge in [0.2, 0.25) is 0 Å². The zero-order valence-electron chi connectivity index (χ0n) is 15.7. The molecule has 1 amide bonds. The lowest BCUT2D eigenvalue weighted by atomic mass is 10.1. The number of rotatable bonds is 8. The number of halogens is 1. The van der Waals surface area contributed by atoms with Crippen LogP contribution in [0.4, 0.5) is 0 Å². The van der Waals surface area contributed by atoms with Crippen molar-refractivity contribution in [2.75, 3.05) is 19.8 Å². The van der Waals surface area contributed by atoms with Crippen LogP contribution in [-0.4, -0.2) is 35.5 Å². The molecule has 1 aliphatic heterocycles. The van der Waals surface area contributed by atoms with Gasteiger partial charge in [0, 0.05) is 31.6 Å². The minimum absolute atomic E-state index is 0.0517. The van der Waals surface area contributed by atoms with Crippen molar-refractivity contribution >= 4 is 23.1 Å². The van der Waals surface area contributed by atoms with Gasteiger partial charge in [-0.2, -0.15) is 0 Å². The molecule has 0 aliphatic carbocycles. The Kier molecular flexibility index (Phi) is 8.07. The van der Waals surface area contributed by atoms with Gasteiger partial charge >= 0.3 is 0 Å². The Balaban J connectivity index is 1.94. The summed E-state index contributed by atoms with van der Waals surface area (Å²) in [6, 6.07) is 3.65. The second-order valence-electron chi connectivity index (χ2n) is 6.68. The number of carbonyl (C=O) groups excluding carboxylic acids is 1. The van der Waals surface area contributed by atoms with Crippen molar-refractivity contribution in [1.82, 2.24) is 9.88 Å². The molecule has 0 radical (unpaired) electrons. The van der Waals surface area contributed by atoms with Crippen molar-refractivity contribution in [2.45, 2.75) is 33.6 Å². The van der Waals surface area contributed by atoms with E-state index in [1.807, 2.05) is 25.3 Å². The number of allylic oxidation sites excluding steroid dienone is 2. The number of pyridine rings is 1. The highest BCUT2D eigenvalue weighted by Gasteiger charge is 2.12. The average molecular weight is 375 g/mol. The first kappa shape index (κ1) is 20.4. The molecule has 2 rings (SSSR count). The summed E-state index contributed by atoms with van der Waals surface area (Å²) in [6.45, 7) is 8.19. The van der Waals surface area contributed by atoms with Crippen molar-refractivity contribution in [3.63, 3.8) is 0 Å². The highest BCUT2D eigenvalue weighted by molar-refractivity contribution is 6.30. The topological polar surface area (TPSA) is 42.4 Å². The number of aromatic nitrogens is 1.